The van der Waals surface area contributed by atoms with E-state index in [9.17, 15) is 0 Å². The van der Waals surface area contributed by atoms with Crippen molar-refractivity contribution in [3.05, 3.63) is 89.7 Å². The highest BCUT2D eigenvalue weighted by atomic mass is 79.9. The second-order valence-corrected chi connectivity index (χ2v) is 9.03. The maximum Gasteiger partial charge on any atom is 0.142 e. The van der Waals surface area contributed by atoms with Crippen LogP contribution in [0.3, 0.4) is 0 Å². The first-order chi connectivity index (χ1) is 12.9. The second kappa shape index (κ2) is 9.37. The normalized spacial score (nSPS) is 11.1. The molecule has 0 aromatic heterocycles. The second-order valence-electron chi connectivity index (χ2n) is 5.91. The summed E-state index contributed by atoms with van der Waals surface area (Å²) in [6.45, 7) is 2.47. The first-order valence-corrected chi connectivity index (χ1v) is 10.8. The molecular formula is C21H15Br3ClNO. The fraction of sp³-hybridized carbons (Fsp3) is 0.0952. The van der Waals surface area contributed by atoms with Gasteiger partial charge in [-0.1, -0.05) is 61.7 Å². The average molecular weight is 573 g/mol. The van der Waals surface area contributed by atoms with Crippen LogP contribution in [-0.2, 0) is 6.61 Å². The first kappa shape index (κ1) is 20.6. The van der Waals surface area contributed by atoms with Gasteiger partial charge in [0, 0.05) is 25.7 Å². The number of hydrogen-bond donors (Lipinski definition) is 0. The summed E-state index contributed by atoms with van der Waals surface area (Å²) in [7, 11) is 0. The van der Waals surface area contributed by atoms with Crippen molar-refractivity contribution in [1.29, 1.82) is 0 Å². The van der Waals surface area contributed by atoms with Gasteiger partial charge in [0.25, 0.3) is 0 Å². The van der Waals surface area contributed by atoms with E-state index >= 15 is 0 Å². The van der Waals surface area contributed by atoms with E-state index in [1.807, 2.05) is 61.5 Å². The van der Waals surface area contributed by atoms with Gasteiger partial charge in [-0.15, -0.1) is 0 Å². The molecule has 3 aromatic rings. The fourth-order valence-electron chi connectivity index (χ4n) is 2.43. The summed E-state index contributed by atoms with van der Waals surface area (Å²) in [5, 5.41) is 0.662. The minimum Gasteiger partial charge on any atom is -0.487 e. The Morgan fingerprint density at radius 2 is 1.70 bits per heavy atom. The molecular weight excluding hydrogens is 557 g/mol. The first-order valence-electron chi connectivity index (χ1n) is 8.09. The Balaban J connectivity index is 1.89. The van der Waals surface area contributed by atoms with Gasteiger partial charge in [-0.2, -0.15) is 0 Å². The van der Waals surface area contributed by atoms with Crippen LogP contribution in [-0.4, -0.2) is 6.21 Å². The molecule has 0 spiro atoms. The Hall–Kier alpha value is -1.14. The lowest BCUT2D eigenvalue weighted by atomic mass is 10.2. The van der Waals surface area contributed by atoms with Crippen LogP contribution < -0.4 is 4.74 Å². The van der Waals surface area contributed by atoms with Gasteiger partial charge in [-0.05, 0) is 70.4 Å². The fourth-order valence-corrected chi connectivity index (χ4v) is 4.23. The van der Waals surface area contributed by atoms with Crippen molar-refractivity contribution < 1.29 is 4.74 Å². The summed E-state index contributed by atoms with van der Waals surface area (Å²) >= 11 is 16.7. The van der Waals surface area contributed by atoms with Gasteiger partial charge in [-0.25, -0.2) is 0 Å². The van der Waals surface area contributed by atoms with E-state index in [0.29, 0.717) is 11.6 Å². The van der Waals surface area contributed by atoms with Crippen LogP contribution in [0.5, 0.6) is 5.75 Å². The molecule has 27 heavy (non-hydrogen) atoms. The van der Waals surface area contributed by atoms with Crippen LogP contribution in [0, 0.1) is 6.92 Å². The van der Waals surface area contributed by atoms with E-state index in [2.05, 4.69) is 52.8 Å². The summed E-state index contributed by atoms with van der Waals surface area (Å²) in [6, 6.07) is 17.7. The summed E-state index contributed by atoms with van der Waals surface area (Å²) in [5.74, 6) is 0.740. The van der Waals surface area contributed by atoms with Crippen LogP contribution in [0.1, 0.15) is 16.7 Å². The number of rotatable bonds is 5. The van der Waals surface area contributed by atoms with Gasteiger partial charge in [0.05, 0.1) is 10.2 Å². The minimum absolute atomic E-state index is 0.463. The highest BCUT2D eigenvalue weighted by Gasteiger charge is 2.10. The molecule has 0 amide bonds. The Kier molecular flexibility index (Phi) is 7.15. The molecule has 0 radical (unpaired) electrons. The quantitative estimate of drug-likeness (QED) is 0.282. The van der Waals surface area contributed by atoms with Gasteiger partial charge < -0.3 is 4.74 Å². The topological polar surface area (TPSA) is 21.6 Å². The van der Waals surface area contributed by atoms with Gasteiger partial charge in [0.1, 0.15) is 12.4 Å². The summed E-state index contributed by atoms with van der Waals surface area (Å²) in [5.41, 5.74) is 3.84. The van der Waals surface area contributed by atoms with Crippen molar-refractivity contribution >= 4 is 71.3 Å². The molecule has 6 heteroatoms. The minimum atomic E-state index is 0.463. The van der Waals surface area contributed by atoms with Crippen LogP contribution in [0.25, 0.3) is 0 Å². The van der Waals surface area contributed by atoms with E-state index in [4.69, 9.17) is 16.3 Å². The SMILES string of the molecule is Cc1ccc(Cl)cc1N=Cc1cc(Br)cc(Br)c1OCc1ccc(Br)cc1. The van der Waals surface area contributed by atoms with Crippen LogP contribution in [0.15, 0.2) is 73.0 Å². The van der Waals surface area contributed by atoms with E-state index < -0.39 is 0 Å². The zero-order chi connectivity index (χ0) is 19.4. The number of halogens is 4. The van der Waals surface area contributed by atoms with Crippen molar-refractivity contribution in [1.82, 2.24) is 0 Å². The lowest BCUT2D eigenvalue weighted by Gasteiger charge is -2.12. The zero-order valence-corrected chi connectivity index (χ0v) is 19.9. The third kappa shape index (κ3) is 5.67. The molecule has 138 valence electrons. The summed E-state index contributed by atoms with van der Waals surface area (Å²) in [4.78, 5) is 4.61. The molecule has 0 bridgehead atoms. The van der Waals surface area contributed by atoms with Gasteiger partial charge in [0.2, 0.25) is 0 Å². The van der Waals surface area contributed by atoms with Crippen molar-refractivity contribution in [3.8, 4) is 5.75 Å². The van der Waals surface area contributed by atoms with Crippen molar-refractivity contribution in [2.75, 3.05) is 0 Å². The van der Waals surface area contributed by atoms with E-state index in [1.165, 1.54) is 0 Å². The average Bonchev–Trinajstić information content (AvgIpc) is 2.63. The number of nitrogens with zero attached hydrogens (tertiary/aromatic N) is 1. The molecule has 0 saturated carbocycles. The summed E-state index contributed by atoms with van der Waals surface area (Å²) in [6.07, 6.45) is 1.80. The highest BCUT2D eigenvalue weighted by Crippen LogP contribution is 2.33. The third-order valence-electron chi connectivity index (χ3n) is 3.85. The number of ether oxygens (including phenoxy) is 1. The van der Waals surface area contributed by atoms with E-state index in [0.717, 1.165) is 41.5 Å². The van der Waals surface area contributed by atoms with Crippen molar-refractivity contribution in [2.45, 2.75) is 13.5 Å². The lowest BCUT2D eigenvalue weighted by Crippen LogP contribution is -1.99. The van der Waals surface area contributed by atoms with Crippen molar-refractivity contribution in [2.24, 2.45) is 4.99 Å². The Labute approximate surface area is 189 Å². The molecule has 2 nitrogen and oxygen atoms in total. The molecule has 0 aliphatic heterocycles. The summed E-state index contributed by atoms with van der Waals surface area (Å²) < 4.78 is 8.93. The predicted molar refractivity (Wildman–Crippen MR) is 124 cm³/mol. The van der Waals surface area contributed by atoms with E-state index in [1.54, 1.807) is 6.21 Å². The number of aryl methyl sites for hydroxylation is 1. The zero-order valence-electron chi connectivity index (χ0n) is 14.3. The third-order valence-corrected chi connectivity index (χ3v) is 5.66. The molecule has 0 aliphatic rings. The monoisotopic (exact) mass is 569 g/mol. The van der Waals surface area contributed by atoms with E-state index in [-0.39, 0.29) is 0 Å². The van der Waals surface area contributed by atoms with Crippen molar-refractivity contribution in [3.63, 3.8) is 0 Å². The molecule has 3 rings (SSSR count). The number of benzene rings is 3. The highest BCUT2D eigenvalue weighted by molar-refractivity contribution is 9.11. The van der Waals surface area contributed by atoms with Gasteiger partial charge in [0.15, 0.2) is 0 Å². The predicted octanol–water partition coefficient (Wildman–Crippen LogP) is 8.27. The molecule has 0 saturated heterocycles. The van der Waals surface area contributed by atoms with Gasteiger partial charge >= 0.3 is 0 Å². The lowest BCUT2D eigenvalue weighted by molar-refractivity contribution is 0.304. The van der Waals surface area contributed by atoms with Crippen LogP contribution in [0.2, 0.25) is 5.02 Å². The molecule has 0 N–H and O–H groups in total. The molecule has 0 atom stereocenters. The maximum atomic E-state index is 6.09. The largest absolute Gasteiger partial charge is 0.487 e. The molecule has 0 unspecified atom stereocenters. The molecule has 0 aliphatic carbocycles. The molecule has 3 aromatic carbocycles. The number of aliphatic imine (C=N–C) groups is 1. The Bertz CT molecular complexity index is 987. The van der Waals surface area contributed by atoms with Crippen LogP contribution in [0.4, 0.5) is 5.69 Å². The molecule has 0 heterocycles. The Morgan fingerprint density at radius 1 is 0.963 bits per heavy atom. The Morgan fingerprint density at radius 3 is 2.44 bits per heavy atom. The molecule has 0 fully saturated rings. The van der Waals surface area contributed by atoms with Gasteiger partial charge in [-0.3, -0.25) is 4.99 Å². The van der Waals surface area contributed by atoms with Crippen LogP contribution >= 0.6 is 59.4 Å². The number of hydrogen-bond acceptors (Lipinski definition) is 2. The maximum absolute atomic E-state index is 6.09. The smallest absolute Gasteiger partial charge is 0.142 e. The standard InChI is InChI=1S/C21H15Br3ClNO/c1-13-2-7-18(25)10-20(13)26-11-15-8-17(23)9-19(24)21(15)27-12-14-3-5-16(22)6-4-14/h2-11H,12H2,1H3.